The molecule has 0 fully saturated rings. The highest BCUT2D eigenvalue weighted by molar-refractivity contribution is 7.91. The zero-order valence-electron chi connectivity index (χ0n) is 20.5. The molecule has 1 unspecified atom stereocenters. The van der Waals surface area contributed by atoms with Crippen molar-refractivity contribution in [3.05, 3.63) is 87.8 Å². The highest BCUT2D eigenvalue weighted by Gasteiger charge is 2.22. The minimum Gasteiger partial charge on any atom is -0.592 e. The number of phenolic OH excluding ortho intramolecular Hbond substituents is 2. The van der Waals surface area contributed by atoms with E-state index in [9.17, 15) is 24.9 Å². The summed E-state index contributed by atoms with van der Waals surface area (Å²) >= 11 is 5.05. The quantitative estimate of drug-likeness (QED) is 0.0407. The van der Waals surface area contributed by atoms with Crippen LogP contribution in [0.5, 0.6) is 23.0 Å². The molecule has 0 aliphatic heterocycles. The van der Waals surface area contributed by atoms with Gasteiger partial charge in [-0.1, -0.05) is 29.5 Å². The second-order valence-electron chi connectivity index (χ2n) is 8.23. The fourth-order valence-electron chi connectivity index (χ4n) is 3.53. The normalized spacial score (nSPS) is 11.5. The molecule has 0 saturated heterocycles. The van der Waals surface area contributed by atoms with Crippen LogP contribution in [0.2, 0.25) is 0 Å². The number of nitrogens with zero attached hydrogens (tertiary/aromatic N) is 1. The molecule has 0 saturated carbocycles. The zero-order valence-corrected chi connectivity index (χ0v) is 23.0. The van der Waals surface area contributed by atoms with Crippen LogP contribution in [-0.4, -0.2) is 37.9 Å². The van der Waals surface area contributed by atoms with E-state index in [1.165, 1.54) is 35.6 Å². The number of aryl methyl sites for hydroxylation is 1. The summed E-state index contributed by atoms with van der Waals surface area (Å²) in [5, 5.41) is 38.3. The zero-order chi connectivity index (χ0) is 27.9. The molecule has 202 valence electrons. The monoisotopic (exact) mass is 584 g/mol. The van der Waals surface area contributed by atoms with E-state index in [4.69, 9.17) is 17.0 Å². The highest BCUT2D eigenvalue weighted by Crippen LogP contribution is 2.40. The molecule has 5 N–H and O–H groups in total. The molecule has 1 aromatic heterocycles. The molecule has 0 aliphatic carbocycles. The number of thiophene rings is 1. The van der Waals surface area contributed by atoms with Crippen LogP contribution in [-0.2, 0) is 11.4 Å². The first kappa shape index (κ1) is 28.1. The van der Waals surface area contributed by atoms with Gasteiger partial charge >= 0.3 is 0 Å². The molecule has 4 rings (SSSR count). The molecule has 0 amide bonds. The van der Waals surface area contributed by atoms with Gasteiger partial charge in [0.25, 0.3) is 5.69 Å². The summed E-state index contributed by atoms with van der Waals surface area (Å²) in [6, 6.07) is 17.7. The molecule has 0 bridgehead atoms. The van der Waals surface area contributed by atoms with Crippen LogP contribution >= 0.6 is 23.6 Å². The summed E-state index contributed by atoms with van der Waals surface area (Å²) in [6.07, 6.45) is 0. The van der Waals surface area contributed by atoms with E-state index in [2.05, 4.69) is 15.4 Å². The van der Waals surface area contributed by atoms with Crippen molar-refractivity contribution in [3.63, 3.8) is 0 Å². The first-order chi connectivity index (χ1) is 18.7. The van der Waals surface area contributed by atoms with Gasteiger partial charge in [0.2, 0.25) is 4.21 Å². The van der Waals surface area contributed by atoms with E-state index in [0.29, 0.717) is 34.5 Å². The number of rotatable bonds is 10. The van der Waals surface area contributed by atoms with Crippen molar-refractivity contribution in [2.45, 2.75) is 11.1 Å². The van der Waals surface area contributed by atoms with Crippen LogP contribution in [0.1, 0.15) is 5.56 Å². The van der Waals surface area contributed by atoms with Crippen molar-refractivity contribution in [3.8, 4) is 34.1 Å². The van der Waals surface area contributed by atoms with E-state index < -0.39 is 16.3 Å². The summed E-state index contributed by atoms with van der Waals surface area (Å²) in [6.45, 7) is 2.60. The Bertz CT molecular complexity index is 1500. The predicted molar refractivity (Wildman–Crippen MR) is 156 cm³/mol. The van der Waals surface area contributed by atoms with Gasteiger partial charge in [0.1, 0.15) is 11.5 Å². The van der Waals surface area contributed by atoms with Gasteiger partial charge in [0.15, 0.2) is 16.6 Å². The van der Waals surface area contributed by atoms with E-state index in [-0.39, 0.29) is 22.3 Å². The fraction of sp³-hybridized carbons (Fsp3) is 0.115. The Balaban J connectivity index is 1.38. The number of hydrogen-bond donors (Lipinski definition) is 5. The molecule has 10 nitrogen and oxygen atoms in total. The average Bonchev–Trinajstić information content (AvgIpc) is 3.39. The maximum atomic E-state index is 13.1. The summed E-state index contributed by atoms with van der Waals surface area (Å²) in [4.78, 5) is 10.5. The summed E-state index contributed by atoms with van der Waals surface area (Å²) in [5.41, 5.74) is 2.85. The molecule has 39 heavy (non-hydrogen) atoms. The number of benzene rings is 3. The third kappa shape index (κ3) is 7.37. The number of thiocarbonyl (C=S) groups is 1. The van der Waals surface area contributed by atoms with Gasteiger partial charge in [-0.05, 0) is 60.4 Å². The lowest BCUT2D eigenvalue weighted by atomic mass is 10.1. The van der Waals surface area contributed by atoms with Crippen molar-refractivity contribution in [2.24, 2.45) is 0 Å². The first-order valence-corrected chi connectivity index (χ1v) is 14.0. The number of nitrogens with one attached hydrogen (secondary N) is 3. The Morgan fingerprint density at radius 1 is 1.05 bits per heavy atom. The largest absolute Gasteiger partial charge is 0.592 e. The van der Waals surface area contributed by atoms with Crippen molar-refractivity contribution in [1.82, 2.24) is 10.0 Å². The van der Waals surface area contributed by atoms with Crippen molar-refractivity contribution >= 4 is 51.4 Å². The molecule has 1 atom stereocenters. The minimum absolute atomic E-state index is 0.0463. The lowest BCUT2D eigenvalue weighted by Gasteiger charge is -2.15. The van der Waals surface area contributed by atoms with Crippen LogP contribution in [0.3, 0.4) is 0 Å². The van der Waals surface area contributed by atoms with Crippen LogP contribution in [0.15, 0.2) is 76.3 Å². The Kier molecular flexibility index (Phi) is 9.22. The Morgan fingerprint density at radius 3 is 2.64 bits per heavy atom. The fourth-order valence-corrected chi connectivity index (χ4v) is 5.87. The topological polar surface area (TPSA) is 152 Å². The number of anilines is 1. The van der Waals surface area contributed by atoms with Crippen LogP contribution in [0.25, 0.3) is 11.1 Å². The maximum absolute atomic E-state index is 13.1. The van der Waals surface area contributed by atoms with Gasteiger partial charge in [-0.15, -0.1) is 4.72 Å². The molecule has 4 aromatic rings. The van der Waals surface area contributed by atoms with Crippen molar-refractivity contribution < 1.29 is 24.4 Å². The number of ether oxygens (including phenoxy) is 1. The number of aromatic hydroxyl groups is 2. The number of hydrogen-bond acceptors (Lipinski definition) is 9. The van der Waals surface area contributed by atoms with E-state index in [1.807, 2.05) is 36.6 Å². The molecule has 3 aromatic carbocycles. The number of non-ortho nitro benzene ring substituents is 1. The van der Waals surface area contributed by atoms with Gasteiger partial charge in [-0.3, -0.25) is 10.1 Å². The third-order valence-corrected chi connectivity index (χ3v) is 8.08. The Labute approximate surface area is 236 Å². The smallest absolute Gasteiger partial charge is 0.271 e. The molecule has 0 radical (unpaired) electrons. The highest BCUT2D eigenvalue weighted by atomic mass is 32.2. The van der Waals surface area contributed by atoms with E-state index in [0.717, 1.165) is 16.7 Å². The van der Waals surface area contributed by atoms with Crippen LogP contribution in [0, 0.1) is 17.0 Å². The lowest BCUT2D eigenvalue weighted by Crippen LogP contribution is -2.36. The molecule has 1 heterocycles. The molecular weight excluding hydrogens is 561 g/mol. The van der Waals surface area contributed by atoms with Crippen LogP contribution in [0.4, 0.5) is 11.4 Å². The first-order valence-electron chi connectivity index (χ1n) is 11.5. The average molecular weight is 585 g/mol. The lowest BCUT2D eigenvalue weighted by molar-refractivity contribution is -0.384. The van der Waals surface area contributed by atoms with E-state index in [1.54, 1.807) is 18.2 Å². The molecule has 0 aliphatic rings. The van der Waals surface area contributed by atoms with E-state index >= 15 is 0 Å². The Morgan fingerprint density at radius 2 is 1.87 bits per heavy atom. The van der Waals surface area contributed by atoms with Crippen molar-refractivity contribution in [1.29, 1.82) is 0 Å². The van der Waals surface area contributed by atoms with Gasteiger partial charge < -0.3 is 30.1 Å². The molecule has 13 heteroatoms. The SMILES string of the molecule is Cc1ccc(-c2ccsc2[S+]([O-])NCCNC(=S)Nc2cccc([N+](=O)[O-])c2)c(Oc2ccc(O)c(O)c2)c1. The third-order valence-electron chi connectivity index (χ3n) is 5.36. The maximum Gasteiger partial charge on any atom is 0.271 e. The molecular formula is C26H24N4O6S3. The minimum atomic E-state index is -1.53. The second kappa shape index (κ2) is 12.8. The second-order valence-corrected chi connectivity index (χ2v) is 11.0. The van der Waals surface area contributed by atoms with Gasteiger partial charge in [-0.2, -0.15) is 0 Å². The Hall–Kier alpha value is -3.88. The summed E-state index contributed by atoms with van der Waals surface area (Å²) in [5.74, 6) is 0.310. The molecule has 0 spiro atoms. The van der Waals surface area contributed by atoms with Gasteiger partial charge in [-0.25, -0.2) is 0 Å². The predicted octanol–water partition coefficient (Wildman–Crippen LogP) is 5.43. The summed E-state index contributed by atoms with van der Waals surface area (Å²) < 4.78 is 22.7. The summed E-state index contributed by atoms with van der Waals surface area (Å²) in [7, 11) is 0. The van der Waals surface area contributed by atoms with Crippen molar-refractivity contribution in [2.75, 3.05) is 18.4 Å². The number of phenols is 2. The van der Waals surface area contributed by atoms with Gasteiger partial charge in [0.05, 0.1) is 28.4 Å². The van der Waals surface area contributed by atoms with Crippen LogP contribution < -0.4 is 20.1 Å². The standard InChI is InChI=1S/C26H24N4O6S3/c1-16-5-7-20(24(13-16)36-19-6-8-22(31)23(32)15-19)21-9-12-38-25(21)39(35)28-11-10-27-26(37)29-17-3-2-4-18(14-17)30(33)34/h2-9,12-15,28,31-32H,10-11H2,1H3,(H2,27,29,37). The van der Waals surface area contributed by atoms with Gasteiger partial charge in [0, 0.05) is 36.0 Å². The number of nitro groups is 1. The number of nitro benzene ring substituents is 1.